The van der Waals surface area contributed by atoms with E-state index in [9.17, 15) is 4.79 Å². The maximum absolute atomic E-state index is 10.8. The zero-order valence-electron chi connectivity index (χ0n) is 9.76. The first-order valence-electron chi connectivity index (χ1n) is 5.81. The van der Waals surface area contributed by atoms with Gasteiger partial charge < -0.3 is 4.74 Å². The van der Waals surface area contributed by atoms with Crippen molar-refractivity contribution >= 4 is 13.9 Å². The van der Waals surface area contributed by atoms with Gasteiger partial charge in [-0.3, -0.25) is 9.28 Å². The van der Waals surface area contributed by atoms with Crippen LogP contribution < -0.4 is 0 Å². The van der Waals surface area contributed by atoms with Gasteiger partial charge in [-0.05, 0) is 7.92 Å². The molecule has 4 fully saturated rings. The third-order valence-corrected chi connectivity index (χ3v) is 6.17. The minimum absolute atomic E-state index is 0.153. The van der Waals surface area contributed by atoms with Crippen molar-refractivity contribution in [3.63, 3.8) is 0 Å². The number of esters is 1. The van der Waals surface area contributed by atoms with Crippen LogP contribution in [0.3, 0.4) is 0 Å². The van der Waals surface area contributed by atoms with Crippen LogP contribution >= 0.6 is 7.92 Å². The van der Waals surface area contributed by atoms with Crippen molar-refractivity contribution < 1.29 is 14.0 Å². The quantitative estimate of drug-likeness (QED) is 0.404. The molecule has 0 aromatic rings. The van der Waals surface area contributed by atoms with Crippen LogP contribution in [0, 0.1) is 0 Å². The van der Waals surface area contributed by atoms with Crippen LogP contribution in [-0.2, 0) is 9.53 Å². The molecular formula is C10H19N3O2P+. The Labute approximate surface area is 97.3 Å². The highest BCUT2D eigenvalue weighted by molar-refractivity contribution is 7.57. The molecule has 2 unspecified atom stereocenters. The van der Waals surface area contributed by atoms with Crippen molar-refractivity contribution in [2.45, 2.75) is 6.92 Å². The number of nitrogens with zero attached hydrogens (tertiary/aromatic N) is 3. The van der Waals surface area contributed by atoms with Gasteiger partial charge in [-0.2, -0.15) is 0 Å². The summed E-state index contributed by atoms with van der Waals surface area (Å²) in [7, 11) is 0.191. The molecule has 4 bridgehead atoms. The molecule has 5 nitrogen and oxygen atoms in total. The summed E-state index contributed by atoms with van der Waals surface area (Å²) in [6.45, 7) is 6.55. The van der Waals surface area contributed by atoms with Gasteiger partial charge >= 0.3 is 5.97 Å². The average Bonchev–Trinajstić information content (AvgIpc) is 2.13. The van der Waals surface area contributed by atoms with E-state index in [-0.39, 0.29) is 13.9 Å². The van der Waals surface area contributed by atoms with Crippen LogP contribution in [0.15, 0.2) is 0 Å². The predicted molar refractivity (Wildman–Crippen MR) is 61.6 cm³/mol. The molecule has 16 heavy (non-hydrogen) atoms. The molecule has 4 rings (SSSR count). The Hall–Kier alpha value is -0.220. The van der Waals surface area contributed by atoms with Gasteiger partial charge in [0.1, 0.15) is 32.8 Å². The third kappa shape index (κ3) is 1.97. The summed E-state index contributed by atoms with van der Waals surface area (Å²) in [5.41, 5.74) is 0. The molecule has 0 radical (unpaired) electrons. The summed E-state index contributed by atoms with van der Waals surface area (Å²) in [6, 6.07) is 0. The van der Waals surface area contributed by atoms with Crippen molar-refractivity contribution in [1.29, 1.82) is 0 Å². The molecule has 0 aromatic carbocycles. The number of carbonyl (C=O) groups is 1. The van der Waals surface area contributed by atoms with E-state index in [4.69, 9.17) is 4.74 Å². The Kier molecular flexibility index (Phi) is 2.67. The van der Waals surface area contributed by atoms with Crippen LogP contribution in [0.5, 0.6) is 0 Å². The van der Waals surface area contributed by atoms with Crippen molar-refractivity contribution in [2.24, 2.45) is 0 Å². The van der Waals surface area contributed by atoms with Gasteiger partial charge in [-0.15, -0.1) is 0 Å². The van der Waals surface area contributed by atoms with Gasteiger partial charge in [0.25, 0.3) is 0 Å². The molecule has 0 saturated carbocycles. The Morgan fingerprint density at radius 3 is 2.62 bits per heavy atom. The van der Waals surface area contributed by atoms with E-state index in [0.717, 1.165) is 31.0 Å². The molecule has 6 heteroatoms. The minimum atomic E-state index is -0.153. The molecular weight excluding hydrogens is 225 g/mol. The van der Waals surface area contributed by atoms with E-state index in [0.29, 0.717) is 6.61 Å². The normalized spacial score (nSPS) is 44.7. The minimum Gasteiger partial charge on any atom is -0.460 e. The van der Waals surface area contributed by atoms with Crippen molar-refractivity contribution in [3.05, 3.63) is 0 Å². The number of hydrogen-bond donors (Lipinski definition) is 0. The third-order valence-electron chi connectivity index (χ3n) is 3.57. The van der Waals surface area contributed by atoms with Crippen molar-refractivity contribution in [3.8, 4) is 0 Å². The topological polar surface area (TPSA) is 32.8 Å². The van der Waals surface area contributed by atoms with E-state index in [2.05, 4.69) is 9.80 Å². The predicted octanol–water partition coefficient (Wildman–Crippen LogP) is 0.238. The number of quaternary nitrogens is 1. The molecule has 0 amide bonds. The van der Waals surface area contributed by atoms with Crippen molar-refractivity contribution in [2.75, 3.05) is 52.0 Å². The largest absolute Gasteiger partial charge is 0.460 e. The number of ether oxygens (including phenoxy) is 1. The molecule has 4 aliphatic rings. The number of rotatable bonds is 3. The molecule has 90 valence electrons. The average molecular weight is 244 g/mol. The Balaban J connectivity index is 1.62. The second kappa shape index (κ2) is 3.91. The van der Waals surface area contributed by atoms with Crippen molar-refractivity contribution in [1.82, 2.24) is 9.80 Å². The lowest BCUT2D eigenvalue weighted by atomic mass is 10.4. The Morgan fingerprint density at radius 2 is 2.06 bits per heavy atom. The molecule has 4 heterocycles. The fraction of sp³-hybridized carbons (Fsp3) is 0.900. The van der Waals surface area contributed by atoms with Gasteiger partial charge in [0.2, 0.25) is 0 Å². The SMILES string of the molecule is CC(=O)OCC[N+]12CN3CN(CP(C3)C1)C2. The lowest BCUT2D eigenvalue weighted by Gasteiger charge is -2.59. The van der Waals surface area contributed by atoms with Crippen LogP contribution in [0.4, 0.5) is 0 Å². The fourth-order valence-electron chi connectivity index (χ4n) is 3.25. The molecule has 4 aliphatic heterocycles. The first kappa shape index (κ1) is 10.9. The fourth-order valence-corrected chi connectivity index (χ4v) is 6.18. The smallest absolute Gasteiger partial charge is 0.302 e. The Morgan fingerprint density at radius 1 is 1.38 bits per heavy atom. The molecule has 2 atom stereocenters. The first-order valence-corrected chi connectivity index (χ1v) is 7.71. The molecule has 0 aromatic heterocycles. The first-order chi connectivity index (χ1) is 7.65. The zero-order chi connectivity index (χ0) is 11.2. The van der Waals surface area contributed by atoms with Crippen LogP contribution in [0.2, 0.25) is 0 Å². The second-order valence-corrected chi connectivity index (χ2v) is 7.46. The summed E-state index contributed by atoms with van der Waals surface area (Å²) >= 11 is 0. The second-order valence-electron chi connectivity index (χ2n) is 5.27. The van der Waals surface area contributed by atoms with E-state index >= 15 is 0 Å². The van der Waals surface area contributed by atoms with E-state index in [1.54, 1.807) is 0 Å². The lowest BCUT2D eigenvalue weighted by molar-refractivity contribution is -0.948. The number of carbonyl (C=O) groups excluding carboxylic acids is 1. The highest BCUT2D eigenvalue weighted by atomic mass is 31.1. The monoisotopic (exact) mass is 244 g/mol. The zero-order valence-corrected chi connectivity index (χ0v) is 10.7. The summed E-state index contributed by atoms with van der Waals surface area (Å²) < 4.78 is 6.23. The standard InChI is InChI=1S/C10H19N3O2P/c1-10(14)15-3-2-13-5-11-4-12(6-13)8-16(7-11)9-13/h2-9H2,1H3/q+1. The molecule has 4 saturated heterocycles. The lowest BCUT2D eigenvalue weighted by Crippen LogP contribution is -2.72. The van der Waals surface area contributed by atoms with E-state index in [1.807, 2.05) is 0 Å². The molecule has 0 spiro atoms. The van der Waals surface area contributed by atoms with E-state index < -0.39 is 0 Å². The maximum Gasteiger partial charge on any atom is 0.302 e. The highest BCUT2D eigenvalue weighted by Crippen LogP contribution is 2.50. The van der Waals surface area contributed by atoms with Gasteiger partial charge in [-0.25, -0.2) is 9.80 Å². The molecule has 0 aliphatic carbocycles. The molecule has 0 N–H and O–H groups in total. The summed E-state index contributed by atoms with van der Waals surface area (Å²) in [5, 5.41) is 0. The van der Waals surface area contributed by atoms with Gasteiger partial charge in [-0.1, -0.05) is 0 Å². The van der Waals surface area contributed by atoms with Gasteiger partial charge in [0.05, 0.1) is 6.67 Å². The van der Waals surface area contributed by atoms with Crippen LogP contribution in [-0.4, -0.2) is 72.3 Å². The van der Waals surface area contributed by atoms with Gasteiger partial charge in [0, 0.05) is 19.5 Å². The van der Waals surface area contributed by atoms with Crippen LogP contribution in [0.1, 0.15) is 6.92 Å². The summed E-state index contributed by atoms with van der Waals surface area (Å²) in [4.78, 5) is 15.9. The van der Waals surface area contributed by atoms with E-state index in [1.165, 1.54) is 25.8 Å². The number of hydrogen-bond acceptors (Lipinski definition) is 4. The summed E-state index contributed by atoms with van der Waals surface area (Å²) in [5.74, 6) is -0.153. The highest BCUT2D eigenvalue weighted by Gasteiger charge is 2.49. The maximum atomic E-state index is 10.8. The Bertz CT molecular complexity index is 275. The summed E-state index contributed by atoms with van der Waals surface area (Å²) in [6.07, 6.45) is 4.00. The van der Waals surface area contributed by atoms with Gasteiger partial charge in [0.15, 0.2) is 0 Å². The van der Waals surface area contributed by atoms with Crippen LogP contribution in [0.25, 0.3) is 0 Å².